The predicted octanol–water partition coefficient (Wildman–Crippen LogP) is 3.41. The van der Waals surface area contributed by atoms with E-state index in [1.54, 1.807) is 0 Å². The Morgan fingerprint density at radius 3 is 2.44 bits per heavy atom. The summed E-state index contributed by atoms with van der Waals surface area (Å²) in [7, 11) is 0. The van der Waals surface area contributed by atoms with Gasteiger partial charge in [-0.2, -0.15) is 13.2 Å². The molecule has 96 valence electrons. The topological polar surface area (TPSA) is 72.3 Å². The van der Waals surface area contributed by atoms with E-state index in [2.05, 4.69) is 21.1 Å². The van der Waals surface area contributed by atoms with Gasteiger partial charge in [-0.3, -0.25) is 0 Å². The number of benzene rings is 1. The Morgan fingerprint density at radius 1 is 1.28 bits per heavy atom. The quantitative estimate of drug-likeness (QED) is 0.843. The fourth-order valence-corrected chi connectivity index (χ4v) is 1.88. The number of aromatic hydroxyl groups is 1. The molecule has 2 rings (SSSR count). The van der Waals surface area contributed by atoms with E-state index in [0.29, 0.717) is 0 Å². The summed E-state index contributed by atoms with van der Waals surface area (Å²) in [5, 5.41) is 13.0. The van der Waals surface area contributed by atoms with E-state index < -0.39 is 17.5 Å². The van der Waals surface area contributed by atoms with Crippen molar-refractivity contribution < 1.29 is 22.8 Å². The molecule has 8 heteroatoms. The van der Waals surface area contributed by atoms with Crippen molar-refractivity contribution in [2.24, 2.45) is 0 Å². The molecule has 0 saturated carbocycles. The molecule has 1 heterocycles. The Morgan fingerprint density at radius 2 is 1.94 bits per heavy atom. The van der Waals surface area contributed by atoms with E-state index in [1.807, 2.05) is 0 Å². The highest BCUT2D eigenvalue weighted by Gasteiger charge is 2.35. The van der Waals surface area contributed by atoms with Crippen LogP contribution in [-0.4, -0.2) is 10.3 Å². The first-order chi connectivity index (χ1) is 8.29. The molecule has 4 nitrogen and oxygen atoms in total. The summed E-state index contributed by atoms with van der Waals surface area (Å²) in [6.45, 7) is 0. The molecule has 0 spiro atoms. The van der Waals surface area contributed by atoms with Crippen molar-refractivity contribution in [3.63, 3.8) is 0 Å². The molecular formula is C10H6BrF3N2O2. The van der Waals surface area contributed by atoms with Gasteiger partial charge in [0.25, 0.3) is 0 Å². The number of halogens is 4. The maximum atomic E-state index is 12.7. The molecule has 0 aliphatic heterocycles. The Balaban J connectivity index is 2.66. The van der Waals surface area contributed by atoms with Crippen LogP contribution in [0.2, 0.25) is 0 Å². The second kappa shape index (κ2) is 4.20. The number of nitrogen functional groups attached to an aromatic ring is 1. The average Bonchev–Trinajstić information content (AvgIpc) is 2.66. The fourth-order valence-electron chi connectivity index (χ4n) is 1.42. The second-order valence-electron chi connectivity index (χ2n) is 3.46. The van der Waals surface area contributed by atoms with E-state index in [1.165, 1.54) is 12.1 Å². The molecule has 0 bridgehead atoms. The van der Waals surface area contributed by atoms with Gasteiger partial charge >= 0.3 is 6.18 Å². The average molecular weight is 323 g/mol. The number of phenols is 1. The minimum Gasteiger partial charge on any atom is -0.507 e. The molecular weight excluding hydrogens is 317 g/mol. The van der Waals surface area contributed by atoms with Gasteiger partial charge in [-0.25, -0.2) is 0 Å². The van der Waals surface area contributed by atoms with E-state index in [-0.39, 0.29) is 21.6 Å². The van der Waals surface area contributed by atoms with E-state index in [0.717, 1.165) is 6.07 Å². The number of anilines is 1. The minimum absolute atomic E-state index is 0.0120. The van der Waals surface area contributed by atoms with Gasteiger partial charge in [0.2, 0.25) is 0 Å². The third-order valence-corrected chi connectivity index (χ3v) is 2.63. The van der Waals surface area contributed by atoms with Crippen molar-refractivity contribution in [1.29, 1.82) is 0 Å². The molecule has 2 aromatic rings. The van der Waals surface area contributed by atoms with Gasteiger partial charge in [0.15, 0.2) is 11.6 Å². The summed E-state index contributed by atoms with van der Waals surface area (Å²) in [5.41, 5.74) is 4.00. The van der Waals surface area contributed by atoms with Crippen LogP contribution in [0.3, 0.4) is 0 Å². The number of aromatic nitrogens is 1. The molecule has 18 heavy (non-hydrogen) atoms. The third-order valence-electron chi connectivity index (χ3n) is 2.17. The first kappa shape index (κ1) is 12.7. The highest BCUT2D eigenvalue weighted by molar-refractivity contribution is 9.10. The van der Waals surface area contributed by atoms with E-state index in [4.69, 9.17) is 10.3 Å². The summed E-state index contributed by atoms with van der Waals surface area (Å²) < 4.78 is 42.9. The van der Waals surface area contributed by atoms with Crippen LogP contribution < -0.4 is 5.73 Å². The van der Waals surface area contributed by atoms with Crippen molar-refractivity contribution in [1.82, 2.24) is 5.16 Å². The van der Waals surface area contributed by atoms with Crippen LogP contribution >= 0.6 is 15.9 Å². The molecule has 0 atom stereocenters. The highest BCUT2D eigenvalue weighted by Crippen LogP contribution is 2.43. The second-order valence-corrected chi connectivity index (χ2v) is 4.38. The Bertz CT molecular complexity index is 595. The summed E-state index contributed by atoms with van der Waals surface area (Å²) in [6, 6.07) is 3.28. The molecule has 0 unspecified atom stereocenters. The van der Waals surface area contributed by atoms with Crippen LogP contribution in [-0.2, 0) is 6.18 Å². The zero-order chi connectivity index (χ0) is 13.5. The van der Waals surface area contributed by atoms with Crippen LogP contribution in [0, 0.1) is 0 Å². The molecule has 0 saturated heterocycles. The van der Waals surface area contributed by atoms with Crippen molar-refractivity contribution in [2.45, 2.75) is 6.18 Å². The van der Waals surface area contributed by atoms with Gasteiger partial charge in [-0.05, 0) is 12.1 Å². The Kier molecular flexibility index (Phi) is 2.97. The number of hydrogen-bond acceptors (Lipinski definition) is 4. The third kappa shape index (κ3) is 2.28. The molecule has 3 N–H and O–H groups in total. The van der Waals surface area contributed by atoms with Gasteiger partial charge in [0, 0.05) is 10.5 Å². The van der Waals surface area contributed by atoms with Crippen molar-refractivity contribution >= 4 is 21.7 Å². The van der Waals surface area contributed by atoms with E-state index >= 15 is 0 Å². The SMILES string of the molecule is Nc1cc(-c2cc(Br)cc(C(F)(F)F)c2O)on1. The normalized spacial score (nSPS) is 11.8. The molecule has 0 radical (unpaired) electrons. The van der Waals surface area contributed by atoms with Gasteiger partial charge in [-0.15, -0.1) is 0 Å². The maximum absolute atomic E-state index is 12.7. The predicted molar refractivity (Wildman–Crippen MR) is 60.7 cm³/mol. The molecule has 1 aromatic heterocycles. The zero-order valence-electron chi connectivity index (χ0n) is 8.62. The van der Waals surface area contributed by atoms with Crippen LogP contribution in [0.4, 0.5) is 19.0 Å². The first-order valence-corrected chi connectivity index (χ1v) is 5.40. The summed E-state index contributed by atoms with van der Waals surface area (Å²) in [4.78, 5) is 0. The Labute approximate surface area is 107 Å². The number of alkyl halides is 3. The van der Waals surface area contributed by atoms with Crippen molar-refractivity contribution in [2.75, 3.05) is 5.73 Å². The lowest BCUT2D eigenvalue weighted by molar-refractivity contribution is -0.138. The summed E-state index contributed by atoms with van der Waals surface area (Å²) >= 11 is 2.94. The minimum atomic E-state index is -4.67. The van der Waals surface area contributed by atoms with Crippen LogP contribution in [0.1, 0.15) is 5.56 Å². The summed E-state index contributed by atoms with van der Waals surface area (Å²) in [6.07, 6.45) is -4.67. The van der Waals surface area contributed by atoms with E-state index in [9.17, 15) is 18.3 Å². The van der Waals surface area contributed by atoms with Crippen LogP contribution in [0.5, 0.6) is 5.75 Å². The number of nitrogens with zero attached hydrogens (tertiary/aromatic N) is 1. The summed E-state index contributed by atoms with van der Waals surface area (Å²) in [5.74, 6) is -0.961. The maximum Gasteiger partial charge on any atom is 0.420 e. The lowest BCUT2D eigenvalue weighted by atomic mass is 10.1. The largest absolute Gasteiger partial charge is 0.507 e. The lowest BCUT2D eigenvalue weighted by Crippen LogP contribution is -2.05. The van der Waals surface area contributed by atoms with Crippen molar-refractivity contribution in [3.8, 4) is 17.1 Å². The first-order valence-electron chi connectivity index (χ1n) is 4.61. The molecule has 0 amide bonds. The highest BCUT2D eigenvalue weighted by atomic mass is 79.9. The van der Waals surface area contributed by atoms with Crippen LogP contribution in [0.25, 0.3) is 11.3 Å². The van der Waals surface area contributed by atoms with Gasteiger partial charge in [0.05, 0.1) is 11.1 Å². The van der Waals surface area contributed by atoms with Gasteiger partial charge in [0.1, 0.15) is 5.75 Å². The number of rotatable bonds is 1. The smallest absolute Gasteiger partial charge is 0.420 e. The molecule has 0 aliphatic carbocycles. The lowest BCUT2D eigenvalue weighted by Gasteiger charge is -2.11. The van der Waals surface area contributed by atoms with Gasteiger partial charge in [-0.1, -0.05) is 21.1 Å². The molecule has 0 aliphatic rings. The molecule has 1 aromatic carbocycles. The monoisotopic (exact) mass is 322 g/mol. The number of hydrogen-bond donors (Lipinski definition) is 2. The standard InChI is InChI=1S/C10H6BrF3N2O2/c11-4-1-5(7-3-8(15)16-18-7)9(17)6(2-4)10(12,13)14/h1-3,17H,(H2,15,16). The van der Waals surface area contributed by atoms with Crippen molar-refractivity contribution in [3.05, 3.63) is 28.2 Å². The number of phenolic OH excluding ortho intramolecular Hbond substituents is 1. The zero-order valence-corrected chi connectivity index (χ0v) is 10.2. The van der Waals surface area contributed by atoms with Crippen LogP contribution in [0.15, 0.2) is 27.2 Å². The fraction of sp³-hybridized carbons (Fsp3) is 0.100. The molecule has 0 fully saturated rings. The Hall–Kier alpha value is -1.70. The number of nitrogens with two attached hydrogens (primary N) is 1. The van der Waals surface area contributed by atoms with Gasteiger partial charge < -0.3 is 15.4 Å².